The van der Waals surface area contributed by atoms with E-state index in [2.05, 4.69) is 0 Å². The minimum Gasteiger partial charge on any atom is -0.368 e. The van der Waals surface area contributed by atoms with Gasteiger partial charge in [-0.3, -0.25) is 9.59 Å². The number of nitrogens with zero attached hydrogens (tertiary/aromatic N) is 1. The Hall–Kier alpha value is -2.62. The predicted octanol–water partition coefficient (Wildman–Crippen LogP) is 2.69. The molecular formula is C19H20N2O2. The number of nitrogens with two attached hydrogens (primary N) is 1. The molecule has 4 nitrogen and oxygen atoms in total. The molecule has 1 aliphatic carbocycles. The van der Waals surface area contributed by atoms with Crippen LogP contribution in [0.25, 0.3) is 11.1 Å². The Balaban J connectivity index is 1.95. The van der Waals surface area contributed by atoms with Crippen molar-refractivity contribution >= 4 is 11.8 Å². The maximum Gasteiger partial charge on any atom is 0.254 e. The maximum absolute atomic E-state index is 12.9. The average molecular weight is 308 g/mol. The van der Waals surface area contributed by atoms with E-state index in [1.165, 1.54) is 4.90 Å². The molecule has 1 aliphatic rings. The van der Waals surface area contributed by atoms with Gasteiger partial charge in [-0.15, -0.1) is 0 Å². The van der Waals surface area contributed by atoms with Crippen LogP contribution in [-0.4, -0.2) is 29.8 Å². The number of benzene rings is 2. The highest BCUT2D eigenvalue weighted by molar-refractivity contribution is 6.02. The van der Waals surface area contributed by atoms with Gasteiger partial charge in [0.2, 0.25) is 5.91 Å². The van der Waals surface area contributed by atoms with Crippen molar-refractivity contribution in [2.75, 3.05) is 7.05 Å². The third-order valence-corrected chi connectivity index (χ3v) is 4.34. The normalized spacial score (nSPS) is 15.0. The first-order valence-corrected chi connectivity index (χ1v) is 7.80. The Morgan fingerprint density at radius 1 is 1.04 bits per heavy atom. The van der Waals surface area contributed by atoms with Gasteiger partial charge in [-0.05, 0) is 36.0 Å². The standard InChI is InChI=1S/C19H20N2O2/c1-21(17(18(20)22)14-11-12-14)19(23)16-10-6-5-9-15(16)13-7-3-2-4-8-13/h2-10,14,17H,11-12H2,1H3,(H2,20,22)/t17-/m0/s1. The van der Waals surface area contributed by atoms with Crippen LogP contribution in [0.15, 0.2) is 54.6 Å². The zero-order valence-corrected chi connectivity index (χ0v) is 13.1. The highest BCUT2D eigenvalue weighted by Gasteiger charge is 2.40. The van der Waals surface area contributed by atoms with Crippen molar-refractivity contribution in [3.05, 3.63) is 60.2 Å². The summed E-state index contributed by atoms with van der Waals surface area (Å²) in [4.78, 5) is 26.2. The lowest BCUT2D eigenvalue weighted by molar-refractivity contribution is -0.122. The molecule has 1 atom stereocenters. The van der Waals surface area contributed by atoms with Crippen molar-refractivity contribution in [2.24, 2.45) is 11.7 Å². The topological polar surface area (TPSA) is 63.4 Å². The van der Waals surface area contributed by atoms with Gasteiger partial charge in [0.1, 0.15) is 6.04 Å². The van der Waals surface area contributed by atoms with E-state index in [-0.39, 0.29) is 11.8 Å². The summed E-state index contributed by atoms with van der Waals surface area (Å²) in [5.74, 6) is -0.397. The molecule has 0 aromatic heterocycles. The number of carbonyl (C=O) groups is 2. The third-order valence-electron chi connectivity index (χ3n) is 4.34. The molecule has 0 spiro atoms. The number of rotatable bonds is 5. The van der Waals surface area contributed by atoms with Crippen LogP contribution in [-0.2, 0) is 4.79 Å². The molecule has 1 fully saturated rings. The molecule has 0 aliphatic heterocycles. The third kappa shape index (κ3) is 3.11. The van der Waals surface area contributed by atoms with Crippen LogP contribution < -0.4 is 5.73 Å². The fourth-order valence-corrected chi connectivity index (χ4v) is 3.01. The van der Waals surface area contributed by atoms with E-state index in [1.807, 2.05) is 48.5 Å². The molecule has 118 valence electrons. The Morgan fingerprint density at radius 3 is 2.26 bits per heavy atom. The SMILES string of the molecule is CN(C(=O)c1ccccc1-c1ccccc1)[C@H](C(N)=O)C1CC1. The van der Waals surface area contributed by atoms with Crippen LogP contribution in [0.4, 0.5) is 0 Å². The summed E-state index contributed by atoms with van der Waals surface area (Å²) in [7, 11) is 1.66. The Labute approximate surface area is 135 Å². The molecule has 3 rings (SSSR count). The van der Waals surface area contributed by atoms with Crippen molar-refractivity contribution in [1.29, 1.82) is 0 Å². The van der Waals surface area contributed by atoms with Gasteiger partial charge in [-0.2, -0.15) is 0 Å². The van der Waals surface area contributed by atoms with Crippen LogP contribution >= 0.6 is 0 Å². The van der Waals surface area contributed by atoms with Crippen LogP contribution in [0.5, 0.6) is 0 Å². The predicted molar refractivity (Wildman–Crippen MR) is 89.7 cm³/mol. The molecule has 0 unspecified atom stereocenters. The van der Waals surface area contributed by atoms with E-state index >= 15 is 0 Å². The van der Waals surface area contributed by atoms with Crippen molar-refractivity contribution in [3.8, 4) is 11.1 Å². The molecule has 4 heteroatoms. The molecular weight excluding hydrogens is 288 g/mol. The first-order valence-electron chi connectivity index (χ1n) is 7.80. The summed E-state index contributed by atoms with van der Waals surface area (Å²) in [6, 6.07) is 16.7. The Bertz CT molecular complexity index is 723. The molecule has 2 aromatic carbocycles. The second-order valence-electron chi connectivity index (χ2n) is 6.01. The molecule has 0 heterocycles. The fraction of sp³-hybridized carbons (Fsp3) is 0.263. The number of likely N-dealkylation sites (N-methyl/N-ethyl adjacent to an activating group) is 1. The highest BCUT2D eigenvalue weighted by Crippen LogP contribution is 2.36. The first-order chi connectivity index (χ1) is 11.1. The lowest BCUT2D eigenvalue weighted by Crippen LogP contribution is -2.47. The number of primary amides is 1. The molecule has 0 bridgehead atoms. The van der Waals surface area contributed by atoms with Gasteiger partial charge < -0.3 is 10.6 Å². The van der Waals surface area contributed by atoms with Crippen molar-refractivity contribution < 1.29 is 9.59 Å². The monoisotopic (exact) mass is 308 g/mol. The molecule has 23 heavy (non-hydrogen) atoms. The minimum absolute atomic E-state index is 0.167. The fourth-order valence-electron chi connectivity index (χ4n) is 3.01. The van der Waals surface area contributed by atoms with Crippen LogP contribution in [0.1, 0.15) is 23.2 Å². The quantitative estimate of drug-likeness (QED) is 0.923. The van der Waals surface area contributed by atoms with E-state index in [0.29, 0.717) is 5.56 Å². The molecule has 2 N–H and O–H groups in total. The van der Waals surface area contributed by atoms with Gasteiger partial charge in [-0.1, -0.05) is 48.5 Å². The number of carbonyl (C=O) groups excluding carboxylic acids is 2. The van der Waals surface area contributed by atoms with Gasteiger partial charge in [0.25, 0.3) is 5.91 Å². The lowest BCUT2D eigenvalue weighted by atomic mass is 9.98. The van der Waals surface area contributed by atoms with Gasteiger partial charge in [0.15, 0.2) is 0 Å². The van der Waals surface area contributed by atoms with E-state index in [1.54, 1.807) is 13.1 Å². The highest BCUT2D eigenvalue weighted by atomic mass is 16.2. The number of hydrogen-bond donors (Lipinski definition) is 1. The molecule has 0 radical (unpaired) electrons. The summed E-state index contributed by atoms with van der Waals surface area (Å²) in [6.07, 6.45) is 1.90. The van der Waals surface area contributed by atoms with Gasteiger partial charge in [0.05, 0.1) is 0 Å². The zero-order valence-electron chi connectivity index (χ0n) is 13.1. The zero-order chi connectivity index (χ0) is 16.4. The molecule has 2 aromatic rings. The minimum atomic E-state index is -0.522. The number of hydrogen-bond acceptors (Lipinski definition) is 2. The van der Waals surface area contributed by atoms with Gasteiger partial charge >= 0.3 is 0 Å². The second-order valence-corrected chi connectivity index (χ2v) is 6.01. The summed E-state index contributed by atoms with van der Waals surface area (Å²) in [6.45, 7) is 0. The van der Waals surface area contributed by atoms with E-state index in [4.69, 9.17) is 5.73 Å². The van der Waals surface area contributed by atoms with Crippen LogP contribution in [0.3, 0.4) is 0 Å². The smallest absolute Gasteiger partial charge is 0.254 e. The summed E-state index contributed by atoms with van der Waals surface area (Å²) in [5.41, 5.74) is 7.95. The van der Waals surface area contributed by atoms with Gasteiger partial charge in [-0.25, -0.2) is 0 Å². The van der Waals surface area contributed by atoms with E-state index in [9.17, 15) is 9.59 Å². The van der Waals surface area contributed by atoms with Crippen molar-refractivity contribution in [2.45, 2.75) is 18.9 Å². The van der Waals surface area contributed by atoms with Gasteiger partial charge in [0, 0.05) is 12.6 Å². The van der Waals surface area contributed by atoms with Crippen molar-refractivity contribution in [3.63, 3.8) is 0 Å². The summed E-state index contributed by atoms with van der Waals surface area (Å²) in [5, 5.41) is 0. The van der Waals surface area contributed by atoms with E-state index in [0.717, 1.165) is 24.0 Å². The van der Waals surface area contributed by atoms with Crippen LogP contribution in [0, 0.1) is 5.92 Å². The number of amides is 2. The average Bonchev–Trinajstić information content (AvgIpc) is 3.39. The molecule has 2 amide bonds. The van der Waals surface area contributed by atoms with Crippen LogP contribution in [0.2, 0.25) is 0 Å². The Morgan fingerprint density at radius 2 is 1.65 bits per heavy atom. The lowest BCUT2D eigenvalue weighted by Gasteiger charge is -2.26. The maximum atomic E-state index is 12.9. The second kappa shape index (κ2) is 6.24. The van der Waals surface area contributed by atoms with Crippen molar-refractivity contribution in [1.82, 2.24) is 4.90 Å². The molecule has 0 saturated heterocycles. The first kappa shape index (κ1) is 15.3. The summed E-state index contributed by atoms with van der Waals surface area (Å²) >= 11 is 0. The van der Waals surface area contributed by atoms with E-state index < -0.39 is 11.9 Å². The largest absolute Gasteiger partial charge is 0.368 e. The summed E-state index contributed by atoms with van der Waals surface area (Å²) < 4.78 is 0. The molecule has 1 saturated carbocycles. The Kier molecular flexibility index (Phi) is 4.15.